The fourth-order valence-corrected chi connectivity index (χ4v) is 5.80. The Bertz CT molecular complexity index is 1380. The van der Waals surface area contributed by atoms with E-state index in [-0.39, 0.29) is 23.7 Å². The molecule has 14 heteroatoms. The van der Waals surface area contributed by atoms with Gasteiger partial charge in [-0.3, -0.25) is 14.0 Å². The van der Waals surface area contributed by atoms with Crippen molar-refractivity contribution in [2.24, 2.45) is 0 Å². The van der Waals surface area contributed by atoms with Crippen molar-refractivity contribution in [2.45, 2.75) is 19.3 Å². The number of rotatable bonds is 6. The lowest BCUT2D eigenvalue weighted by atomic mass is 10.1. The van der Waals surface area contributed by atoms with Gasteiger partial charge in [0, 0.05) is 84.9 Å². The second-order valence-electron chi connectivity index (χ2n) is 10.2. The first-order valence-corrected chi connectivity index (χ1v) is 14.7. The van der Waals surface area contributed by atoms with E-state index in [1.807, 2.05) is 24.3 Å². The Kier molecular flexibility index (Phi) is 8.71. The van der Waals surface area contributed by atoms with Crippen LogP contribution in [0.2, 0.25) is 0 Å². The topological polar surface area (TPSA) is 86.0 Å². The standard InChI is InChI=1S/C27H30F4N6O3S/c1-34-8-10-35(11-9-34)17-19-2-6-22(7-3-19)37(26(38)36-12-14-41(39)15-13-36)18-21-5-4-20(16-23(21)28)24-32-33-25(40-24)27(29,30)31/h2-7,16H,8-15,17-18H2,1H3. The Morgan fingerprint density at radius 2 is 1.68 bits per heavy atom. The summed E-state index contributed by atoms with van der Waals surface area (Å²) < 4.78 is 70.3. The maximum atomic E-state index is 15.2. The number of aromatic nitrogens is 2. The molecule has 2 aliphatic heterocycles. The van der Waals surface area contributed by atoms with Crippen LogP contribution in [0.3, 0.4) is 0 Å². The number of likely N-dealkylation sites (N-methyl/N-ethyl adjacent to an activating group) is 1. The largest absolute Gasteiger partial charge is 0.470 e. The van der Waals surface area contributed by atoms with E-state index >= 15 is 4.39 Å². The smallest absolute Gasteiger partial charge is 0.413 e. The minimum absolute atomic E-state index is 0.0149. The van der Waals surface area contributed by atoms with Crippen LogP contribution in [0.15, 0.2) is 46.9 Å². The molecule has 3 heterocycles. The van der Waals surface area contributed by atoms with E-state index in [1.165, 1.54) is 17.0 Å². The lowest BCUT2D eigenvalue weighted by molar-refractivity contribution is -0.156. The molecule has 1 aromatic heterocycles. The highest BCUT2D eigenvalue weighted by atomic mass is 32.2. The van der Waals surface area contributed by atoms with Gasteiger partial charge in [-0.1, -0.05) is 18.2 Å². The van der Waals surface area contributed by atoms with Gasteiger partial charge in [0.2, 0.25) is 5.89 Å². The third-order valence-corrected chi connectivity index (χ3v) is 8.50. The lowest BCUT2D eigenvalue weighted by Gasteiger charge is -2.33. The molecule has 41 heavy (non-hydrogen) atoms. The van der Waals surface area contributed by atoms with Crippen LogP contribution in [0.5, 0.6) is 0 Å². The van der Waals surface area contributed by atoms with Gasteiger partial charge in [0.15, 0.2) is 0 Å². The van der Waals surface area contributed by atoms with Crippen LogP contribution in [0.4, 0.5) is 28.0 Å². The Balaban J connectivity index is 1.36. The van der Waals surface area contributed by atoms with Crippen LogP contribution in [0, 0.1) is 5.82 Å². The van der Waals surface area contributed by atoms with Gasteiger partial charge in [-0.05, 0) is 36.9 Å². The number of anilines is 1. The Morgan fingerprint density at radius 1 is 1.00 bits per heavy atom. The summed E-state index contributed by atoms with van der Waals surface area (Å²) in [5.41, 5.74) is 1.80. The molecule has 2 fully saturated rings. The number of alkyl halides is 3. The first-order chi connectivity index (χ1) is 19.6. The molecule has 2 aromatic carbocycles. The van der Waals surface area contributed by atoms with E-state index in [0.29, 0.717) is 30.3 Å². The van der Waals surface area contributed by atoms with Crippen molar-refractivity contribution < 1.29 is 31.0 Å². The molecule has 0 bridgehead atoms. The zero-order chi connectivity index (χ0) is 29.1. The number of halogens is 4. The number of carbonyl (C=O) groups excluding carboxylic acids is 1. The van der Waals surface area contributed by atoms with Crippen molar-refractivity contribution in [1.82, 2.24) is 24.9 Å². The van der Waals surface area contributed by atoms with Gasteiger partial charge in [-0.2, -0.15) is 13.2 Å². The van der Waals surface area contributed by atoms with E-state index in [4.69, 9.17) is 0 Å². The molecule has 3 aromatic rings. The quantitative estimate of drug-likeness (QED) is 0.401. The molecule has 0 N–H and O–H groups in total. The summed E-state index contributed by atoms with van der Waals surface area (Å²) in [6.07, 6.45) is -4.81. The highest BCUT2D eigenvalue weighted by Gasteiger charge is 2.38. The molecule has 9 nitrogen and oxygen atoms in total. The number of carbonyl (C=O) groups is 1. The van der Waals surface area contributed by atoms with E-state index < -0.39 is 34.6 Å². The lowest BCUT2D eigenvalue weighted by Crippen LogP contribution is -2.48. The predicted octanol–water partition coefficient (Wildman–Crippen LogP) is 3.83. The highest BCUT2D eigenvalue weighted by molar-refractivity contribution is 7.85. The Labute approximate surface area is 237 Å². The highest BCUT2D eigenvalue weighted by Crippen LogP contribution is 2.31. The summed E-state index contributed by atoms with van der Waals surface area (Å²) in [4.78, 5) is 21.3. The average molecular weight is 595 g/mol. The van der Waals surface area contributed by atoms with E-state index in [0.717, 1.165) is 44.4 Å². The number of benzene rings is 2. The predicted molar refractivity (Wildman–Crippen MR) is 145 cm³/mol. The minimum atomic E-state index is -4.81. The van der Waals surface area contributed by atoms with E-state index in [9.17, 15) is 22.2 Å². The van der Waals surface area contributed by atoms with Gasteiger partial charge >= 0.3 is 18.1 Å². The molecule has 2 saturated heterocycles. The molecule has 0 unspecified atom stereocenters. The Hall–Kier alpha value is -3.36. The van der Waals surface area contributed by atoms with Gasteiger partial charge in [-0.25, -0.2) is 9.18 Å². The maximum Gasteiger partial charge on any atom is 0.470 e. The first-order valence-electron chi connectivity index (χ1n) is 13.2. The minimum Gasteiger partial charge on any atom is -0.413 e. The molecular weight excluding hydrogens is 564 g/mol. The van der Waals surface area contributed by atoms with Gasteiger partial charge in [0.1, 0.15) is 5.82 Å². The molecule has 0 saturated carbocycles. The van der Waals surface area contributed by atoms with Crippen molar-refractivity contribution in [2.75, 3.05) is 62.7 Å². The normalized spacial score (nSPS) is 17.6. The molecule has 220 valence electrons. The second kappa shape index (κ2) is 12.2. The SMILES string of the molecule is CN1CCN(Cc2ccc(N(Cc3ccc(-c4nnc(C(F)(F)F)o4)cc3F)C(=O)N3CCS(=O)CC3)cc2)CC1. The zero-order valence-corrected chi connectivity index (χ0v) is 23.3. The molecule has 0 aliphatic carbocycles. The summed E-state index contributed by atoms with van der Waals surface area (Å²) in [6, 6.07) is 11.0. The number of amides is 2. The summed E-state index contributed by atoms with van der Waals surface area (Å²) >= 11 is 0. The fraction of sp³-hybridized carbons (Fsp3) is 0.444. The summed E-state index contributed by atoms with van der Waals surface area (Å²) in [5.74, 6) is -1.98. The number of hydrogen-bond acceptors (Lipinski definition) is 7. The van der Waals surface area contributed by atoms with E-state index in [2.05, 4.69) is 31.5 Å². The molecule has 2 aliphatic rings. The fourth-order valence-electron chi connectivity index (χ4n) is 4.75. The molecule has 0 radical (unpaired) electrons. The Morgan fingerprint density at radius 3 is 2.29 bits per heavy atom. The number of piperazine rings is 1. The van der Waals surface area contributed by atoms with Gasteiger partial charge in [-0.15, -0.1) is 10.2 Å². The van der Waals surface area contributed by atoms with Crippen LogP contribution in [0.1, 0.15) is 17.0 Å². The molecule has 2 amide bonds. The summed E-state index contributed by atoms with van der Waals surface area (Å²) in [5, 5.41) is 6.36. The summed E-state index contributed by atoms with van der Waals surface area (Å²) in [6.45, 7) is 5.24. The van der Waals surface area contributed by atoms with Gasteiger partial charge in [0.05, 0.1) is 6.54 Å². The average Bonchev–Trinajstić information content (AvgIpc) is 3.46. The number of nitrogens with zero attached hydrogens (tertiary/aromatic N) is 6. The van der Waals surface area contributed by atoms with Crippen molar-refractivity contribution in [1.29, 1.82) is 0 Å². The third-order valence-electron chi connectivity index (χ3n) is 7.23. The second-order valence-corrected chi connectivity index (χ2v) is 11.9. The molecular formula is C27H30F4N6O3S. The molecule has 5 rings (SSSR count). The maximum absolute atomic E-state index is 15.2. The first kappa shape index (κ1) is 29.1. The van der Waals surface area contributed by atoms with Crippen molar-refractivity contribution in [3.8, 4) is 11.5 Å². The van der Waals surface area contributed by atoms with Gasteiger partial charge in [0.25, 0.3) is 0 Å². The molecule has 0 atom stereocenters. The third kappa shape index (κ3) is 7.11. The van der Waals surface area contributed by atoms with Crippen LogP contribution in [-0.2, 0) is 30.1 Å². The molecule has 0 spiro atoms. The van der Waals surface area contributed by atoms with Crippen LogP contribution in [-0.4, -0.2) is 93.0 Å². The van der Waals surface area contributed by atoms with E-state index in [1.54, 1.807) is 4.90 Å². The van der Waals surface area contributed by atoms with Crippen LogP contribution in [0.25, 0.3) is 11.5 Å². The van der Waals surface area contributed by atoms with Gasteiger partial charge < -0.3 is 14.2 Å². The summed E-state index contributed by atoms with van der Waals surface area (Å²) in [7, 11) is 1.12. The monoisotopic (exact) mass is 594 g/mol. The van der Waals surface area contributed by atoms with Crippen molar-refractivity contribution in [3.05, 3.63) is 65.3 Å². The number of hydrogen-bond donors (Lipinski definition) is 0. The van der Waals surface area contributed by atoms with Crippen molar-refractivity contribution >= 4 is 22.5 Å². The zero-order valence-electron chi connectivity index (χ0n) is 22.4. The van der Waals surface area contributed by atoms with Crippen LogP contribution >= 0.6 is 0 Å². The number of urea groups is 1. The van der Waals surface area contributed by atoms with Crippen LogP contribution < -0.4 is 4.90 Å². The van der Waals surface area contributed by atoms with Crippen molar-refractivity contribution in [3.63, 3.8) is 0 Å².